The largest absolute Gasteiger partial charge is 0.393 e. The van der Waals surface area contributed by atoms with E-state index in [1.165, 1.54) is 31.3 Å². The van der Waals surface area contributed by atoms with Gasteiger partial charge in [-0.3, -0.25) is 0 Å². The molecule has 0 aromatic rings. The molecular formula is C11H20O. The molecule has 0 heterocycles. The van der Waals surface area contributed by atoms with Crippen molar-refractivity contribution in [3.8, 4) is 0 Å². The minimum Gasteiger partial charge on any atom is -0.393 e. The first-order valence-electron chi connectivity index (χ1n) is 5.02. The van der Waals surface area contributed by atoms with Crippen molar-refractivity contribution in [3.05, 3.63) is 12.2 Å². The van der Waals surface area contributed by atoms with Crippen LogP contribution >= 0.6 is 0 Å². The molecule has 0 aromatic carbocycles. The summed E-state index contributed by atoms with van der Waals surface area (Å²) in [5, 5.41) is 9.76. The summed E-state index contributed by atoms with van der Waals surface area (Å²) in [6.07, 6.45) is 6.92. The minimum absolute atomic E-state index is 0.0656. The smallest absolute Gasteiger partial charge is 0.0571 e. The van der Waals surface area contributed by atoms with Gasteiger partial charge in [-0.15, -0.1) is 6.58 Å². The highest BCUT2D eigenvalue weighted by molar-refractivity contribution is 4.92. The second-order valence-corrected chi connectivity index (χ2v) is 4.13. The molecule has 1 N–H and O–H groups in total. The van der Waals surface area contributed by atoms with Gasteiger partial charge < -0.3 is 5.11 Å². The molecular weight excluding hydrogens is 148 g/mol. The third-order valence-corrected chi connectivity index (χ3v) is 2.73. The molecule has 0 aliphatic heterocycles. The molecule has 2 atom stereocenters. The molecule has 0 saturated heterocycles. The molecule has 0 aromatic heterocycles. The Bertz CT molecular complexity index is 151. The zero-order valence-corrected chi connectivity index (χ0v) is 8.05. The summed E-state index contributed by atoms with van der Waals surface area (Å²) in [5.74, 6) is 0.491. The SMILES string of the molecule is C=C(C)C[C@@H]1CCCCC[C@H]1O. The fourth-order valence-corrected chi connectivity index (χ4v) is 2.05. The van der Waals surface area contributed by atoms with Crippen LogP contribution in [0.25, 0.3) is 0 Å². The van der Waals surface area contributed by atoms with Crippen molar-refractivity contribution < 1.29 is 5.11 Å². The molecule has 1 heteroatoms. The maximum atomic E-state index is 9.76. The van der Waals surface area contributed by atoms with E-state index in [4.69, 9.17) is 0 Å². The predicted molar refractivity (Wildman–Crippen MR) is 52.0 cm³/mol. The topological polar surface area (TPSA) is 20.2 Å². The van der Waals surface area contributed by atoms with Gasteiger partial charge in [0.2, 0.25) is 0 Å². The van der Waals surface area contributed by atoms with E-state index in [1.54, 1.807) is 0 Å². The van der Waals surface area contributed by atoms with Gasteiger partial charge in [0.1, 0.15) is 0 Å². The van der Waals surface area contributed by atoms with Gasteiger partial charge in [-0.2, -0.15) is 0 Å². The van der Waals surface area contributed by atoms with Gasteiger partial charge in [-0.1, -0.05) is 24.8 Å². The summed E-state index contributed by atoms with van der Waals surface area (Å²) in [6.45, 7) is 5.96. The fourth-order valence-electron chi connectivity index (χ4n) is 2.05. The standard InChI is InChI=1S/C11H20O/c1-9(2)8-10-6-4-3-5-7-11(10)12/h10-12H,1,3-8H2,2H3/t10-,11+/m0/s1. The van der Waals surface area contributed by atoms with Crippen molar-refractivity contribution in [1.29, 1.82) is 0 Å². The van der Waals surface area contributed by atoms with Crippen molar-refractivity contribution in [2.45, 2.75) is 51.6 Å². The van der Waals surface area contributed by atoms with Gasteiger partial charge in [0.15, 0.2) is 0 Å². The van der Waals surface area contributed by atoms with Crippen LogP contribution in [-0.2, 0) is 0 Å². The van der Waals surface area contributed by atoms with Crippen LogP contribution in [0, 0.1) is 5.92 Å². The van der Waals surface area contributed by atoms with Gasteiger partial charge in [0, 0.05) is 0 Å². The van der Waals surface area contributed by atoms with E-state index in [1.807, 2.05) is 0 Å². The molecule has 0 unspecified atom stereocenters. The minimum atomic E-state index is -0.0656. The summed E-state index contributed by atoms with van der Waals surface area (Å²) >= 11 is 0. The van der Waals surface area contributed by atoms with Crippen LogP contribution in [0.5, 0.6) is 0 Å². The molecule has 0 amide bonds. The van der Waals surface area contributed by atoms with Crippen LogP contribution in [0.4, 0.5) is 0 Å². The fraction of sp³-hybridized carbons (Fsp3) is 0.818. The first-order chi connectivity index (χ1) is 5.70. The summed E-state index contributed by atoms with van der Waals surface area (Å²) in [4.78, 5) is 0. The predicted octanol–water partition coefficient (Wildman–Crippen LogP) is 2.89. The highest BCUT2D eigenvalue weighted by Gasteiger charge is 2.20. The Morgan fingerprint density at radius 3 is 2.67 bits per heavy atom. The molecule has 1 rings (SSSR count). The number of allylic oxidation sites excluding steroid dienone is 1. The second-order valence-electron chi connectivity index (χ2n) is 4.13. The lowest BCUT2D eigenvalue weighted by atomic mass is 9.91. The number of aliphatic hydroxyl groups excluding tert-OH is 1. The number of rotatable bonds is 2. The van der Waals surface area contributed by atoms with Crippen molar-refractivity contribution >= 4 is 0 Å². The number of aliphatic hydroxyl groups is 1. The van der Waals surface area contributed by atoms with Gasteiger partial charge in [-0.25, -0.2) is 0 Å². The molecule has 1 fully saturated rings. The third kappa shape index (κ3) is 2.98. The van der Waals surface area contributed by atoms with Crippen LogP contribution in [0.1, 0.15) is 45.4 Å². The van der Waals surface area contributed by atoms with Gasteiger partial charge >= 0.3 is 0 Å². The highest BCUT2D eigenvalue weighted by atomic mass is 16.3. The first-order valence-corrected chi connectivity index (χ1v) is 5.02. The van der Waals surface area contributed by atoms with Crippen LogP contribution in [0.3, 0.4) is 0 Å². The first kappa shape index (κ1) is 9.79. The Morgan fingerprint density at radius 2 is 2.00 bits per heavy atom. The maximum absolute atomic E-state index is 9.76. The Hall–Kier alpha value is -0.300. The lowest BCUT2D eigenvalue weighted by Gasteiger charge is -2.19. The van der Waals surface area contributed by atoms with E-state index >= 15 is 0 Å². The molecule has 0 radical (unpaired) electrons. The molecule has 0 bridgehead atoms. The van der Waals surface area contributed by atoms with Crippen molar-refractivity contribution in [2.75, 3.05) is 0 Å². The van der Waals surface area contributed by atoms with E-state index in [-0.39, 0.29) is 6.10 Å². The van der Waals surface area contributed by atoms with E-state index in [9.17, 15) is 5.11 Å². The average molecular weight is 168 g/mol. The number of hydrogen-bond donors (Lipinski definition) is 1. The van der Waals surface area contributed by atoms with E-state index in [0.29, 0.717) is 5.92 Å². The highest BCUT2D eigenvalue weighted by Crippen LogP contribution is 2.27. The summed E-state index contributed by atoms with van der Waals surface area (Å²) < 4.78 is 0. The average Bonchev–Trinajstić information content (AvgIpc) is 2.16. The van der Waals surface area contributed by atoms with Crippen molar-refractivity contribution in [3.63, 3.8) is 0 Å². The molecule has 1 saturated carbocycles. The zero-order chi connectivity index (χ0) is 8.97. The maximum Gasteiger partial charge on any atom is 0.0571 e. The number of hydrogen-bond acceptors (Lipinski definition) is 1. The van der Waals surface area contributed by atoms with E-state index < -0.39 is 0 Å². The lowest BCUT2D eigenvalue weighted by molar-refractivity contribution is 0.101. The monoisotopic (exact) mass is 168 g/mol. The van der Waals surface area contributed by atoms with Gasteiger partial charge in [0.05, 0.1) is 6.10 Å². The van der Waals surface area contributed by atoms with Crippen molar-refractivity contribution in [1.82, 2.24) is 0 Å². The Morgan fingerprint density at radius 1 is 1.33 bits per heavy atom. The third-order valence-electron chi connectivity index (χ3n) is 2.73. The molecule has 1 aliphatic rings. The molecule has 1 aliphatic carbocycles. The molecule has 0 spiro atoms. The van der Waals surface area contributed by atoms with Crippen LogP contribution in [0.15, 0.2) is 12.2 Å². The van der Waals surface area contributed by atoms with Crippen LogP contribution in [0.2, 0.25) is 0 Å². The molecule has 12 heavy (non-hydrogen) atoms. The summed E-state index contributed by atoms with van der Waals surface area (Å²) in [5.41, 5.74) is 1.21. The van der Waals surface area contributed by atoms with E-state index in [2.05, 4.69) is 13.5 Å². The van der Waals surface area contributed by atoms with Crippen LogP contribution < -0.4 is 0 Å². The quantitative estimate of drug-likeness (QED) is 0.496. The summed E-state index contributed by atoms with van der Waals surface area (Å²) in [6, 6.07) is 0. The second kappa shape index (κ2) is 4.66. The van der Waals surface area contributed by atoms with E-state index in [0.717, 1.165) is 12.8 Å². The van der Waals surface area contributed by atoms with Crippen LogP contribution in [-0.4, -0.2) is 11.2 Å². The molecule has 1 nitrogen and oxygen atoms in total. The Kier molecular flexibility index (Phi) is 3.80. The normalized spacial score (nSPS) is 31.2. The summed E-state index contributed by atoms with van der Waals surface area (Å²) in [7, 11) is 0. The molecule has 70 valence electrons. The van der Waals surface area contributed by atoms with Gasteiger partial charge in [0.25, 0.3) is 0 Å². The zero-order valence-electron chi connectivity index (χ0n) is 8.05. The van der Waals surface area contributed by atoms with Crippen molar-refractivity contribution in [2.24, 2.45) is 5.92 Å². The lowest BCUT2D eigenvalue weighted by Crippen LogP contribution is -2.18. The Balaban J connectivity index is 2.41. The van der Waals surface area contributed by atoms with Gasteiger partial charge in [-0.05, 0) is 32.1 Å². The Labute approximate surface area is 75.5 Å².